The van der Waals surface area contributed by atoms with E-state index < -0.39 is 0 Å². The van der Waals surface area contributed by atoms with Crippen LogP contribution in [0.2, 0.25) is 0 Å². The van der Waals surface area contributed by atoms with E-state index in [0.29, 0.717) is 12.6 Å². The van der Waals surface area contributed by atoms with Crippen molar-refractivity contribution in [3.8, 4) is 11.5 Å². The molecule has 1 aliphatic heterocycles. The van der Waals surface area contributed by atoms with Gasteiger partial charge in [0, 0.05) is 24.2 Å². The number of rotatable bonds is 6. The summed E-state index contributed by atoms with van der Waals surface area (Å²) in [6.45, 7) is 3.55. The molecule has 0 spiro atoms. The first kappa shape index (κ1) is 16.8. The maximum Gasteiger partial charge on any atom is 0.128 e. The molecule has 1 aliphatic rings. The number of nitrogens with two attached hydrogens (primary N) is 1. The molecule has 0 atom stereocenters. The molecule has 0 bridgehead atoms. The number of methoxy groups -OCH3 is 1. The highest BCUT2D eigenvalue weighted by Gasteiger charge is 2.18. The van der Waals surface area contributed by atoms with Crippen LogP contribution in [0.3, 0.4) is 0 Å². The second-order valence-corrected chi connectivity index (χ2v) is 6.36. The lowest BCUT2D eigenvalue weighted by atomic mass is 10.0. The standard InChI is InChI=1S/C20H26N2O2/c1-23-19-8-7-17(14-22-11-9-18(21)10-12-22)20(13-19)24-15-16-5-3-2-4-6-16/h2-8,13,18H,9-12,14-15,21H2,1H3. The molecule has 128 valence electrons. The van der Waals surface area contributed by atoms with Crippen LogP contribution in [0.25, 0.3) is 0 Å². The van der Waals surface area contributed by atoms with E-state index in [4.69, 9.17) is 15.2 Å². The van der Waals surface area contributed by atoms with Crippen LogP contribution in [-0.2, 0) is 13.2 Å². The molecule has 2 aromatic rings. The third-order valence-corrected chi connectivity index (χ3v) is 4.54. The molecule has 0 aliphatic carbocycles. The van der Waals surface area contributed by atoms with Crippen molar-refractivity contribution >= 4 is 0 Å². The van der Waals surface area contributed by atoms with Crippen LogP contribution in [-0.4, -0.2) is 31.1 Å². The number of likely N-dealkylation sites (tertiary alicyclic amines) is 1. The van der Waals surface area contributed by atoms with Gasteiger partial charge in [0.05, 0.1) is 7.11 Å². The molecule has 2 aromatic carbocycles. The summed E-state index contributed by atoms with van der Waals surface area (Å²) in [5.41, 5.74) is 8.36. The van der Waals surface area contributed by atoms with Crippen LogP contribution in [0.5, 0.6) is 11.5 Å². The van der Waals surface area contributed by atoms with Crippen LogP contribution in [0.15, 0.2) is 48.5 Å². The Balaban J connectivity index is 1.70. The van der Waals surface area contributed by atoms with Gasteiger partial charge in [-0.25, -0.2) is 0 Å². The van der Waals surface area contributed by atoms with E-state index in [9.17, 15) is 0 Å². The number of nitrogens with zero attached hydrogens (tertiary/aromatic N) is 1. The minimum Gasteiger partial charge on any atom is -0.497 e. The van der Waals surface area contributed by atoms with Crippen molar-refractivity contribution in [1.29, 1.82) is 0 Å². The third kappa shape index (κ3) is 4.49. The molecule has 1 fully saturated rings. The molecule has 2 N–H and O–H groups in total. The zero-order valence-electron chi connectivity index (χ0n) is 14.3. The Labute approximate surface area is 144 Å². The summed E-state index contributed by atoms with van der Waals surface area (Å²) in [6.07, 6.45) is 2.13. The fourth-order valence-corrected chi connectivity index (χ4v) is 3.01. The number of piperidine rings is 1. The highest BCUT2D eigenvalue weighted by Crippen LogP contribution is 2.27. The number of hydrogen-bond acceptors (Lipinski definition) is 4. The maximum absolute atomic E-state index is 6.10. The summed E-state index contributed by atoms with van der Waals surface area (Å²) in [5, 5.41) is 0. The van der Waals surface area contributed by atoms with Crippen molar-refractivity contribution in [1.82, 2.24) is 4.90 Å². The molecule has 24 heavy (non-hydrogen) atoms. The largest absolute Gasteiger partial charge is 0.497 e. The average Bonchev–Trinajstić information content (AvgIpc) is 2.63. The van der Waals surface area contributed by atoms with E-state index in [2.05, 4.69) is 23.1 Å². The summed E-state index contributed by atoms with van der Waals surface area (Å²) >= 11 is 0. The second-order valence-electron chi connectivity index (χ2n) is 6.36. The van der Waals surface area contributed by atoms with Crippen molar-refractivity contribution in [2.75, 3.05) is 20.2 Å². The Morgan fingerprint density at radius 3 is 2.54 bits per heavy atom. The Morgan fingerprint density at radius 2 is 1.83 bits per heavy atom. The Morgan fingerprint density at radius 1 is 1.08 bits per heavy atom. The third-order valence-electron chi connectivity index (χ3n) is 4.54. The van der Waals surface area contributed by atoms with E-state index in [1.807, 2.05) is 30.3 Å². The van der Waals surface area contributed by atoms with Crippen molar-refractivity contribution in [3.05, 3.63) is 59.7 Å². The van der Waals surface area contributed by atoms with E-state index in [1.165, 1.54) is 5.56 Å². The normalized spacial score (nSPS) is 16.1. The van der Waals surface area contributed by atoms with Crippen molar-refractivity contribution in [2.45, 2.75) is 32.0 Å². The number of benzene rings is 2. The van der Waals surface area contributed by atoms with Crippen LogP contribution in [0.1, 0.15) is 24.0 Å². The molecule has 3 rings (SSSR count). The van der Waals surface area contributed by atoms with E-state index in [1.54, 1.807) is 7.11 Å². The molecular formula is C20H26N2O2. The maximum atomic E-state index is 6.10. The predicted molar refractivity (Wildman–Crippen MR) is 96.3 cm³/mol. The lowest BCUT2D eigenvalue weighted by molar-refractivity contribution is 0.201. The molecule has 0 saturated carbocycles. The summed E-state index contributed by atoms with van der Waals surface area (Å²) in [6, 6.07) is 16.7. The highest BCUT2D eigenvalue weighted by molar-refractivity contribution is 5.41. The van der Waals surface area contributed by atoms with Crippen LogP contribution < -0.4 is 15.2 Å². The van der Waals surface area contributed by atoms with Crippen LogP contribution >= 0.6 is 0 Å². The second kappa shape index (κ2) is 8.18. The van der Waals surface area contributed by atoms with Gasteiger partial charge in [0.25, 0.3) is 0 Å². The Bertz CT molecular complexity index is 637. The van der Waals surface area contributed by atoms with Crippen LogP contribution in [0.4, 0.5) is 0 Å². The molecule has 1 saturated heterocycles. The molecule has 0 amide bonds. The minimum absolute atomic E-state index is 0.353. The summed E-state index contributed by atoms with van der Waals surface area (Å²) < 4.78 is 11.5. The molecule has 0 radical (unpaired) electrons. The van der Waals surface area contributed by atoms with E-state index >= 15 is 0 Å². The minimum atomic E-state index is 0.353. The quantitative estimate of drug-likeness (QED) is 0.885. The topological polar surface area (TPSA) is 47.7 Å². The number of hydrogen-bond donors (Lipinski definition) is 1. The predicted octanol–water partition coefficient (Wildman–Crippen LogP) is 3.20. The smallest absolute Gasteiger partial charge is 0.128 e. The van der Waals surface area contributed by atoms with Gasteiger partial charge in [-0.1, -0.05) is 36.4 Å². The first-order chi connectivity index (χ1) is 11.7. The fraction of sp³-hybridized carbons (Fsp3) is 0.400. The first-order valence-corrected chi connectivity index (χ1v) is 8.56. The molecular weight excluding hydrogens is 300 g/mol. The fourth-order valence-electron chi connectivity index (χ4n) is 3.01. The van der Waals surface area contributed by atoms with Gasteiger partial charge in [-0.3, -0.25) is 4.90 Å². The molecule has 4 heteroatoms. The van der Waals surface area contributed by atoms with Crippen molar-refractivity contribution in [3.63, 3.8) is 0 Å². The van der Waals surface area contributed by atoms with Crippen molar-refractivity contribution in [2.24, 2.45) is 5.73 Å². The van der Waals surface area contributed by atoms with E-state index in [-0.39, 0.29) is 0 Å². The van der Waals surface area contributed by atoms with Gasteiger partial charge in [-0.15, -0.1) is 0 Å². The molecule has 4 nitrogen and oxygen atoms in total. The first-order valence-electron chi connectivity index (χ1n) is 8.56. The summed E-state index contributed by atoms with van der Waals surface area (Å²) in [5.74, 6) is 1.72. The summed E-state index contributed by atoms with van der Waals surface area (Å²) in [7, 11) is 1.68. The lowest BCUT2D eigenvalue weighted by Crippen LogP contribution is -2.39. The van der Waals surface area contributed by atoms with Crippen molar-refractivity contribution < 1.29 is 9.47 Å². The van der Waals surface area contributed by atoms with Gasteiger partial charge in [-0.2, -0.15) is 0 Å². The number of ether oxygens (including phenoxy) is 2. The van der Waals surface area contributed by atoms with E-state index in [0.717, 1.165) is 49.5 Å². The van der Waals surface area contributed by atoms with Gasteiger partial charge in [0.15, 0.2) is 0 Å². The summed E-state index contributed by atoms with van der Waals surface area (Å²) in [4.78, 5) is 2.44. The molecule has 1 heterocycles. The zero-order chi connectivity index (χ0) is 16.8. The molecule has 0 unspecified atom stereocenters. The zero-order valence-corrected chi connectivity index (χ0v) is 14.3. The monoisotopic (exact) mass is 326 g/mol. The Hall–Kier alpha value is -2.04. The SMILES string of the molecule is COc1ccc(CN2CCC(N)CC2)c(OCc2ccccc2)c1. The average molecular weight is 326 g/mol. The van der Waals surface area contributed by atoms with Gasteiger partial charge in [-0.05, 0) is 37.6 Å². The van der Waals surface area contributed by atoms with Crippen LogP contribution in [0, 0.1) is 0 Å². The van der Waals surface area contributed by atoms with Gasteiger partial charge in [0.2, 0.25) is 0 Å². The molecule has 0 aromatic heterocycles. The lowest BCUT2D eigenvalue weighted by Gasteiger charge is -2.30. The van der Waals surface area contributed by atoms with Gasteiger partial charge in [0.1, 0.15) is 18.1 Å². The van der Waals surface area contributed by atoms with Gasteiger partial charge >= 0.3 is 0 Å². The van der Waals surface area contributed by atoms with Gasteiger partial charge < -0.3 is 15.2 Å². The Kier molecular flexibility index (Phi) is 5.72. The highest BCUT2D eigenvalue weighted by atomic mass is 16.5.